The van der Waals surface area contributed by atoms with Crippen molar-refractivity contribution in [1.82, 2.24) is 10.3 Å². The van der Waals surface area contributed by atoms with Crippen molar-refractivity contribution < 1.29 is 14.4 Å². The first-order valence-electron chi connectivity index (χ1n) is 13.4. The van der Waals surface area contributed by atoms with E-state index in [9.17, 15) is 9.59 Å². The Morgan fingerprint density at radius 2 is 1.89 bits per heavy atom. The standard InChI is InChI=1S/C29H39N3O3/c1-19(33)24-6-7-25-23-5-4-21-16-22(8-12-28(21,2)26(23)9-13-29(24,25)3)32-35-18-27(34)31-17-20-10-14-30-15-11-20/h10-11,14-16,23-26H,4-9,12-13,17-18H2,1-3H3,(H,31,34)/b32-22+/t23?,24?,25?,26?,28-,29+/m0/s1. The Labute approximate surface area is 209 Å². The summed E-state index contributed by atoms with van der Waals surface area (Å²) in [4.78, 5) is 33.9. The van der Waals surface area contributed by atoms with E-state index in [-0.39, 0.29) is 29.3 Å². The summed E-state index contributed by atoms with van der Waals surface area (Å²) in [5, 5.41) is 7.18. The van der Waals surface area contributed by atoms with Crippen molar-refractivity contribution in [3.8, 4) is 0 Å². The third kappa shape index (κ3) is 4.45. The average molecular weight is 478 g/mol. The highest BCUT2D eigenvalue weighted by molar-refractivity contribution is 5.96. The molecule has 3 saturated carbocycles. The van der Waals surface area contributed by atoms with Crippen LogP contribution in [0.2, 0.25) is 0 Å². The first-order chi connectivity index (χ1) is 16.8. The van der Waals surface area contributed by atoms with Crippen LogP contribution in [-0.4, -0.2) is 29.0 Å². The fourth-order valence-corrected chi connectivity index (χ4v) is 8.24. The molecule has 6 heteroatoms. The summed E-state index contributed by atoms with van der Waals surface area (Å²) in [6.07, 6.45) is 14.7. The van der Waals surface area contributed by atoms with Gasteiger partial charge < -0.3 is 10.2 Å². The summed E-state index contributed by atoms with van der Waals surface area (Å²) >= 11 is 0. The minimum absolute atomic E-state index is 0.0721. The Morgan fingerprint density at radius 1 is 1.09 bits per heavy atom. The van der Waals surface area contributed by atoms with E-state index < -0.39 is 0 Å². The van der Waals surface area contributed by atoms with Crippen LogP contribution < -0.4 is 5.32 Å². The van der Waals surface area contributed by atoms with E-state index in [1.165, 1.54) is 31.3 Å². The Morgan fingerprint density at radius 3 is 2.66 bits per heavy atom. The largest absolute Gasteiger partial charge is 0.385 e. The zero-order valence-electron chi connectivity index (χ0n) is 21.4. The van der Waals surface area contributed by atoms with E-state index >= 15 is 0 Å². The highest BCUT2D eigenvalue weighted by atomic mass is 16.6. The van der Waals surface area contributed by atoms with E-state index in [1.54, 1.807) is 12.4 Å². The average Bonchev–Trinajstić information content (AvgIpc) is 3.21. The second kappa shape index (κ2) is 9.51. The molecule has 4 aliphatic carbocycles. The molecule has 3 fully saturated rings. The zero-order valence-corrected chi connectivity index (χ0v) is 21.4. The number of ketones is 1. The van der Waals surface area contributed by atoms with Gasteiger partial charge in [0.05, 0.1) is 5.71 Å². The summed E-state index contributed by atoms with van der Waals surface area (Å²) in [5.74, 6) is 2.62. The van der Waals surface area contributed by atoms with Crippen LogP contribution in [0.5, 0.6) is 0 Å². The molecular weight excluding hydrogens is 438 g/mol. The van der Waals surface area contributed by atoms with Gasteiger partial charge in [0.2, 0.25) is 0 Å². The number of carbonyl (C=O) groups is 2. The molecule has 1 N–H and O–H groups in total. The summed E-state index contributed by atoms with van der Waals surface area (Å²) in [6.45, 7) is 7.08. The number of hydrogen-bond acceptors (Lipinski definition) is 5. The normalized spacial score (nSPS) is 37.0. The van der Waals surface area contributed by atoms with Crippen molar-refractivity contribution in [2.75, 3.05) is 6.61 Å². The number of hydrogen-bond donors (Lipinski definition) is 1. The summed E-state index contributed by atoms with van der Waals surface area (Å²) < 4.78 is 0. The second-order valence-corrected chi connectivity index (χ2v) is 11.8. The van der Waals surface area contributed by atoms with E-state index in [0.29, 0.717) is 24.2 Å². The van der Waals surface area contributed by atoms with Crippen LogP contribution in [0.1, 0.15) is 77.7 Å². The highest BCUT2D eigenvalue weighted by Crippen LogP contribution is 2.66. The maximum Gasteiger partial charge on any atom is 0.261 e. The molecule has 188 valence electrons. The Kier molecular flexibility index (Phi) is 6.58. The molecule has 0 spiro atoms. The predicted octanol–water partition coefficient (Wildman–Crippen LogP) is 5.24. The summed E-state index contributed by atoms with van der Waals surface area (Å²) in [5.41, 5.74) is 3.90. The number of fused-ring (bicyclic) bond motifs is 5. The van der Waals surface area contributed by atoms with Gasteiger partial charge in [-0.3, -0.25) is 14.6 Å². The van der Waals surface area contributed by atoms with Crippen molar-refractivity contribution in [2.24, 2.45) is 39.7 Å². The lowest BCUT2D eigenvalue weighted by atomic mass is 9.46. The van der Waals surface area contributed by atoms with Crippen LogP contribution in [0.4, 0.5) is 0 Å². The first kappa shape index (κ1) is 24.2. The molecule has 35 heavy (non-hydrogen) atoms. The number of carbonyl (C=O) groups excluding carboxylic acids is 2. The maximum absolute atomic E-state index is 12.4. The van der Waals surface area contributed by atoms with Crippen LogP contribution in [0.25, 0.3) is 0 Å². The number of nitrogens with zero attached hydrogens (tertiary/aromatic N) is 2. The van der Waals surface area contributed by atoms with Crippen LogP contribution in [0.3, 0.4) is 0 Å². The third-order valence-electron chi connectivity index (χ3n) is 10.1. The first-order valence-corrected chi connectivity index (χ1v) is 13.4. The smallest absolute Gasteiger partial charge is 0.261 e. The molecule has 6 atom stereocenters. The van der Waals surface area contributed by atoms with Crippen LogP contribution in [0.15, 0.2) is 41.3 Å². The third-order valence-corrected chi connectivity index (χ3v) is 10.1. The lowest BCUT2D eigenvalue weighted by Gasteiger charge is -2.58. The van der Waals surface area contributed by atoms with Gasteiger partial charge in [-0.1, -0.05) is 24.6 Å². The molecule has 0 aliphatic heterocycles. The highest BCUT2D eigenvalue weighted by Gasteiger charge is 2.59. The minimum Gasteiger partial charge on any atom is -0.385 e. The van der Waals surface area contributed by atoms with Gasteiger partial charge in [0.25, 0.3) is 5.91 Å². The van der Waals surface area contributed by atoms with E-state index in [2.05, 4.69) is 35.4 Å². The van der Waals surface area contributed by atoms with Crippen LogP contribution >= 0.6 is 0 Å². The molecule has 4 unspecified atom stereocenters. The van der Waals surface area contributed by atoms with Gasteiger partial charge in [0.1, 0.15) is 5.78 Å². The van der Waals surface area contributed by atoms with Crippen molar-refractivity contribution in [1.29, 1.82) is 0 Å². The fourth-order valence-electron chi connectivity index (χ4n) is 8.24. The molecule has 1 aromatic rings. The SMILES string of the molecule is CC(=O)C1CCC2C3CCC4=C/C(=N/OCC(=O)NCc5ccncc5)CC[C@]4(C)C3CC[C@]12C. The van der Waals surface area contributed by atoms with Crippen molar-refractivity contribution in [3.05, 3.63) is 41.7 Å². The molecule has 0 saturated heterocycles. The van der Waals surface area contributed by atoms with E-state index in [4.69, 9.17) is 4.84 Å². The quantitative estimate of drug-likeness (QED) is 0.568. The Bertz CT molecular complexity index is 1030. The molecule has 0 radical (unpaired) electrons. The van der Waals surface area contributed by atoms with Gasteiger partial charge in [0, 0.05) is 24.9 Å². The number of oxime groups is 1. The van der Waals surface area contributed by atoms with Gasteiger partial charge in [-0.15, -0.1) is 0 Å². The predicted molar refractivity (Wildman–Crippen MR) is 135 cm³/mol. The molecule has 0 aromatic carbocycles. The van der Waals surface area contributed by atoms with E-state index in [1.807, 2.05) is 19.1 Å². The van der Waals surface area contributed by atoms with Crippen LogP contribution in [-0.2, 0) is 21.0 Å². The van der Waals surface area contributed by atoms with E-state index in [0.717, 1.165) is 42.9 Å². The zero-order chi connectivity index (χ0) is 24.6. The van der Waals surface area contributed by atoms with Crippen molar-refractivity contribution in [3.63, 3.8) is 0 Å². The van der Waals surface area contributed by atoms with Crippen LogP contribution in [0, 0.1) is 34.5 Å². The van der Waals surface area contributed by atoms with Gasteiger partial charge in [-0.05, 0) is 111 Å². The Hall–Kier alpha value is -2.50. The number of allylic oxidation sites excluding steroid dienone is 2. The topological polar surface area (TPSA) is 80.6 Å². The lowest BCUT2D eigenvalue weighted by molar-refractivity contribution is -0.128. The lowest BCUT2D eigenvalue weighted by Crippen LogP contribution is -2.51. The number of Topliss-reactive ketones (excluding diaryl/α,β-unsaturated/α-hetero) is 1. The number of pyridine rings is 1. The molecule has 6 nitrogen and oxygen atoms in total. The number of rotatable bonds is 6. The van der Waals surface area contributed by atoms with Crippen molar-refractivity contribution >= 4 is 17.4 Å². The summed E-state index contributed by atoms with van der Waals surface area (Å²) in [7, 11) is 0. The maximum atomic E-state index is 12.4. The van der Waals surface area contributed by atoms with Crippen molar-refractivity contribution in [2.45, 2.75) is 78.7 Å². The van der Waals surface area contributed by atoms with Gasteiger partial charge in [0.15, 0.2) is 6.61 Å². The molecule has 0 bridgehead atoms. The number of amides is 1. The molecule has 5 rings (SSSR count). The minimum atomic E-state index is -0.175. The number of aromatic nitrogens is 1. The Balaban J connectivity index is 1.20. The number of nitrogens with one attached hydrogen (secondary N) is 1. The summed E-state index contributed by atoms with van der Waals surface area (Å²) in [6, 6.07) is 3.75. The molecule has 1 amide bonds. The molecule has 1 heterocycles. The fraction of sp³-hybridized carbons (Fsp3) is 0.655. The monoisotopic (exact) mass is 477 g/mol. The molecular formula is C29H39N3O3. The van der Waals surface area contributed by atoms with Gasteiger partial charge in [-0.25, -0.2) is 0 Å². The molecule has 1 aromatic heterocycles. The second-order valence-electron chi connectivity index (χ2n) is 11.8. The van der Waals surface area contributed by atoms with Gasteiger partial charge in [-0.2, -0.15) is 0 Å². The molecule has 4 aliphatic rings. The van der Waals surface area contributed by atoms with Gasteiger partial charge >= 0.3 is 0 Å².